The van der Waals surface area contributed by atoms with Gasteiger partial charge in [-0.1, -0.05) is 39.0 Å². The number of ether oxygens (including phenoxy) is 1. The quantitative estimate of drug-likeness (QED) is 0.819. The van der Waals surface area contributed by atoms with Crippen LogP contribution in [0.15, 0.2) is 30.3 Å². The Labute approximate surface area is 105 Å². The minimum atomic E-state index is -0.290. The van der Waals surface area contributed by atoms with E-state index >= 15 is 0 Å². The van der Waals surface area contributed by atoms with Gasteiger partial charge in [0.05, 0.1) is 12.7 Å². The van der Waals surface area contributed by atoms with Crippen LogP contribution < -0.4 is 4.74 Å². The molecule has 17 heavy (non-hydrogen) atoms. The Kier molecular flexibility index (Phi) is 5.01. The molecule has 0 aliphatic carbocycles. The number of benzene rings is 1. The summed E-state index contributed by atoms with van der Waals surface area (Å²) >= 11 is 0. The van der Waals surface area contributed by atoms with Crippen molar-refractivity contribution in [3.05, 3.63) is 30.3 Å². The van der Waals surface area contributed by atoms with Crippen LogP contribution in [0.1, 0.15) is 34.1 Å². The van der Waals surface area contributed by atoms with Gasteiger partial charge in [0.2, 0.25) is 0 Å². The van der Waals surface area contributed by atoms with Crippen LogP contribution in [0.25, 0.3) is 0 Å². The van der Waals surface area contributed by atoms with E-state index in [-0.39, 0.29) is 11.5 Å². The molecule has 2 heteroatoms. The summed E-state index contributed by atoms with van der Waals surface area (Å²) in [6.07, 6.45) is 0.666. The molecule has 0 heterocycles. The number of hydrogen-bond donors (Lipinski definition) is 1. The van der Waals surface area contributed by atoms with Gasteiger partial charge in [0.25, 0.3) is 0 Å². The Morgan fingerprint density at radius 3 is 2.29 bits per heavy atom. The molecule has 1 aromatic rings. The SMILES string of the molecule is CC(COc1ccccc1)CC(C)(C)C(C)O. The van der Waals surface area contributed by atoms with Gasteiger partial charge in [-0.15, -0.1) is 0 Å². The zero-order valence-electron chi connectivity index (χ0n) is 11.3. The van der Waals surface area contributed by atoms with Gasteiger partial charge in [0, 0.05) is 0 Å². The van der Waals surface area contributed by atoms with E-state index in [1.54, 1.807) is 0 Å². The van der Waals surface area contributed by atoms with Gasteiger partial charge in [-0.3, -0.25) is 0 Å². The van der Waals surface area contributed by atoms with Crippen LogP contribution in [0.2, 0.25) is 0 Å². The summed E-state index contributed by atoms with van der Waals surface area (Å²) in [5, 5.41) is 9.67. The molecule has 2 nitrogen and oxygen atoms in total. The maximum Gasteiger partial charge on any atom is 0.119 e. The molecule has 0 saturated carbocycles. The van der Waals surface area contributed by atoms with Crippen molar-refractivity contribution in [1.29, 1.82) is 0 Å². The molecule has 0 radical (unpaired) electrons. The predicted octanol–water partition coefficient (Wildman–Crippen LogP) is 3.50. The van der Waals surface area contributed by atoms with Gasteiger partial charge in [0.1, 0.15) is 5.75 Å². The van der Waals surface area contributed by atoms with Crippen molar-refractivity contribution in [2.45, 2.75) is 40.2 Å². The molecule has 0 aromatic heterocycles. The van der Waals surface area contributed by atoms with Crippen LogP contribution >= 0.6 is 0 Å². The smallest absolute Gasteiger partial charge is 0.119 e. The third-order valence-corrected chi connectivity index (χ3v) is 3.28. The Bertz CT molecular complexity index is 317. The van der Waals surface area contributed by atoms with Crippen LogP contribution in [-0.4, -0.2) is 17.8 Å². The number of aliphatic hydroxyl groups is 1. The average Bonchev–Trinajstić information content (AvgIpc) is 2.27. The summed E-state index contributed by atoms with van der Waals surface area (Å²) in [4.78, 5) is 0. The highest BCUT2D eigenvalue weighted by molar-refractivity contribution is 5.20. The Morgan fingerprint density at radius 1 is 1.18 bits per heavy atom. The van der Waals surface area contributed by atoms with Gasteiger partial charge in [-0.05, 0) is 36.8 Å². The van der Waals surface area contributed by atoms with E-state index in [9.17, 15) is 5.11 Å². The number of rotatable bonds is 6. The highest BCUT2D eigenvalue weighted by Gasteiger charge is 2.26. The second-order valence-electron chi connectivity index (χ2n) is 5.60. The maximum absolute atomic E-state index is 9.67. The number of aliphatic hydroxyl groups excluding tert-OH is 1. The molecule has 0 bridgehead atoms. The maximum atomic E-state index is 9.67. The fraction of sp³-hybridized carbons (Fsp3) is 0.600. The minimum Gasteiger partial charge on any atom is -0.493 e. The van der Waals surface area contributed by atoms with Crippen LogP contribution in [0.5, 0.6) is 5.75 Å². The third-order valence-electron chi connectivity index (χ3n) is 3.28. The largest absolute Gasteiger partial charge is 0.493 e. The van der Waals surface area contributed by atoms with Crippen molar-refractivity contribution in [3.63, 3.8) is 0 Å². The molecule has 96 valence electrons. The van der Waals surface area contributed by atoms with Crippen LogP contribution in [0, 0.1) is 11.3 Å². The zero-order valence-corrected chi connectivity index (χ0v) is 11.3. The molecule has 2 atom stereocenters. The van der Waals surface area contributed by atoms with Crippen molar-refractivity contribution in [3.8, 4) is 5.75 Å². The zero-order chi connectivity index (χ0) is 12.9. The predicted molar refractivity (Wildman–Crippen MR) is 71.2 cm³/mol. The van der Waals surface area contributed by atoms with Gasteiger partial charge in [0.15, 0.2) is 0 Å². The Balaban J connectivity index is 2.38. The first-order chi connectivity index (χ1) is 7.92. The van der Waals surface area contributed by atoms with E-state index in [1.165, 1.54) is 0 Å². The molecular formula is C15H24O2. The van der Waals surface area contributed by atoms with Crippen molar-refractivity contribution in [2.75, 3.05) is 6.61 Å². The summed E-state index contributed by atoms with van der Waals surface area (Å²) < 4.78 is 5.71. The van der Waals surface area contributed by atoms with E-state index < -0.39 is 0 Å². The minimum absolute atomic E-state index is 0.0561. The van der Waals surface area contributed by atoms with Crippen LogP contribution in [-0.2, 0) is 0 Å². The third kappa shape index (κ3) is 4.78. The molecule has 0 fully saturated rings. The summed E-state index contributed by atoms with van der Waals surface area (Å²) in [5.74, 6) is 1.34. The van der Waals surface area contributed by atoms with Crippen LogP contribution in [0.4, 0.5) is 0 Å². The second-order valence-corrected chi connectivity index (χ2v) is 5.60. The first kappa shape index (κ1) is 14.0. The molecule has 0 saturated heterocycles. The molecule has 1 rings (SSSR count). The monoisotopic (exact) mass is 236 g/mol. The summed E-state index contributed by atoms with van der Waals surface area (Å²) in [5.41, 5.74) is -0.0561. The standard InChI is InChI=1S/C15H24O2/c1-12(10-15(3,4)13(2)16)11-17-14-8-6-5-7-9-14/h5-9,12-13,16H,10-11H2,1-4H3. The molecule has 1 aromatic carbocycles. The van der Waals surface area contributed by atoms with Crippen molar-refractivity contribution >= 4 is 0 Å². The van der Waals surface area contributed by atoms with Crippen molar-refractivity contribution < 1.29 is 9.84 Å². The number of para-hydroxylation sites is 1. The van der Waals surface area contributed by atoms with Gasteiger partial charge in [-0.2, -0.15) is 0 Å². The molecule has 2 unspecified atom stereocenters. The normalized spacial score (nSPS) is 15.4. The van der Waals surface area contributed by atoms with Crippen LogP contribution in [0.3, 0.4) is 0 Å². The summed E-state index contributed by atoms with van der Waals surface area (Å²) in [6, 6.07) is 9.85. The lowest BCUT2D eigenvalue weighted by Crippen LogP contribution is -2.29. The fourth-order valence-electron chi connectivity index (χ4n) is 1.88. The Hall–Kier alpha value is -1.02. The molecule has 0 amide bonds. The topological polar surface area (TPSA) is 29.5 Å². The van der Waals surface area contributed by atoms with E-state index in [1.807, 2.05) is 37.3 Å². The Morgan fingerprint density at radius 2 is 1.76 bits per heavy atom. The molecule has 0 aliphatic heterocycles. The fourth-order valence-corrected chi connectivity index (χ4v) is 1.88. The lowest BCUT2D eigenvalue weighted by atomic mass is 9.79. The molecule has 0 aliphatic rings. The highest BCUT2D eigenvalue weighted by atomic mass is 16.5. The van der Waals surface area contributed by atoms with Gasteiger partial charge >= 0.3 is 0 Å². The van der Waals surface area contributed by atoms with Gasteiger partial charge in [-0.25, -0.2) is 0 Å². The summed E-state index contributed by atoms with van der Waals surface area (Å²) in [6.45, 7) is 8.89. The highest BCUT2D eigenvalue weighted by Crippen LogP contribution is 2.29. The van der Waals surface area contributed by atoms with E-state index in [4.69, 9.17) is 4.74 Å². The lowest BCUT2D eigenvalue weighted by Gasteiger charge is -2.30. The molecule has 1 N–H and O–H groups in total. The van der Waals surface area contributed by atoms with E-state index in [0.717, 1.165) is 12.2 Å². The first-order valence-electron chi connectivity index (χ1n) is 6.28. The van der Waals surface area contributed by atoms with Crippen molar-refractivity contribution in [1.82, 2.24) is 0 Å². The summed E-state index contributed by atoms with van der Waals surface area (Å²) in [7, 11) is 0. The average molecular weight is 236 g/mol. The molecular weight excluding hydrogens is 212 g/mol. The molecule has 0 spiro atoms. The number of hydrogen-bond acceptors (Lipinski definition) is 2. The van der Waals surface area contributed by atoms with E-state index in [2.05, 4.69) is 20.8 Å². The lowest BCUT2D eigenvalue weighted by molar-refractivity contribution is 0.0423. The van der Waals surface area contributed by atoms with Crippen molar-refractivity contribution in [2.24, 2.45) is 11.3 Å². The van der Waals surface area contributed by atoms with E-state index in [0.29, 0.717) is 12.5 Å². The first-order valence-corrected chi connectivity index (χ1v) is 6.28. The van der Waals surface area contributed by atoms with Gasteiger partial charge < -0.3 is 9.84 Å². The second kappa shape index (κ2) is 6.06.